The number of hydrogen-bond acceptors (Lipinski definition) is 4. The lowest BCUT2D eigenvalue weighted by atomic mass is 9.88. The van der Waals surface area contributed by atoms with Crippen LogP contribution in [0.3, 0.4) is 0 Å². The fraction of sp³-hybridized carbons (Fsp3) is 0.667. The van der Waals surface area contributed by atoms with Crippen molar-refractivity contribution in [1.82, 2.24) is 0 Å². The Bertz CT molecular complexity index is 739. The molecule has 0 radical (unpaired) electrons. The molecule has 1 aromatic rings. The zero-order valence-electron chi connectivity index (χ0n) is 21.8. The average Bonchev–Trinajstić information content (AvgIpc) is 2.70. The van der Waals surface area contributed by atoms with Crippen LogP contribution >= 0.6 is 11.6 Å². The van der Waals surface area contributed by atoms with Crippen LogP contribution in [0.1, 0.15) is 111 Å². The summed E-state index contributed by atoms with van der Waals surface area (Å²) in [4.78, 5) is 15.2. The molecule has 1 fully saturated rings. The molecule has 1 N–H and O–H groups in total. The second-order valence-electron chi connectivity index (χ2n) is 8.69. The van der Waals surface area contributed by atoms with Crippen molar-refractivity contribution in [2.45, 2.75) is 113 Å². The Hall–Kier alpha value is -1.70. The number of halogens is 1. The van der Waals surface area contributed by atoms with E-state index in [1.807, 2.05) is 33.8 Å². The first kappa shape index (κ1) is 32.5. The van der Waals surface area contributed by atoms with Crippen LogP contribution in [0.2, 0.25) is 5.02 Å². The van der Waals surface area contributed by atoms with E-state index in [4.69, 9.17) is 22.0 Å². The molecule has 5 heteroatoms. The number of aliphatic hydroxyl groups is 1. The van der Waals surface area contributed by atoms with Gasteiger partial charge in [0.1, 0.15) is 11.9 Å². The number of nitriles is 1. The van der Waals surface area contributed by atoms with Gasteiger partial charge in [-0.1, -0.05) is 71.9 Å². The Morgan fingerprint density at radius 2 is 1.81 bits per heavy atom. The third kappa shape index (κ3) is 15.2. The second kappa shape index (κ2) is 17.8. The summed E-state index contributed by atoms with van der Waals surface area (Å²) in [6, 6.07) is 5.69. The molecule has 1 saturated carbocycles. The molecule has 2 rings (SSSR count). The molecule has 1 aliphatic carbocycles. The molecule has 0 amide bonds. The molecule has 0 atom stereocenters. The number of nitrogens with zero attached hydrogens (tertiary/aromatic N) is 2. The van der Waals surface area contributed by atoms with E-state index < -0.39 is 5.60 Å². The van der Waals surface area contributed by atoms with Gasteiger partial charge in [0.15, 0.2) is 0 Å². The Morgan fingerprint density at radius 1 is 1.28 bits per heavy atom. The molecule has 182 valence electrons. The van der Waals surface area contributed by atoms with Crippen molar-refractivity contribution in [2.75, 3.05) is 0 Å². The highest BCUT2D eigenvalue weighted by molar-refractivity contribution is 6.32. The van der Waals surface area contributed by atoms with Crippen molar-refractivity contribution in [3.63, 3.8) is 0 Å². The van der Waals surface area contributed by atoms with Gasteiger partial charge in [-0.2, -0.15) is 5.26 Å². The van der Waals surface area contributed by atoms with Crippen LogP contribution in [0, 0.1) is 24.2 Å². The third-order valence-electron chi connectivity index (χ3n) is 4.84. The number of benzene rings is 1. The summed E-state index contributed by atoms with van der Waals surface area (Å²) in [6.07, 6.45) is 7.30. The Labute approximate surface area is 202 Å². The van der Waals surface area contributed by atoms with Crippen molar-refractivity contribution in [2.24, 2.45) is 10.9 Å². The molecule has 1 aromatic carbocycles. The quantitative estimate of drug-likeness (QED) is 0.429. The highest BCUT2D eigenvalue weighted by Crippen LogP contribution is 2.28. The molecule has 0 spiro atoms. The van der Waals surface area contributed by atoms with E-state index in [1.54, 1.807) is 26.8 Å². The van der Waals surface area contributed by atoms with Crippen molar-refractivity contribution in [3.05, 3.63) is 28.3 Å². The van der Waals surface area contributed by atoms with Crippen molar-refractivity contribution >= 4 is 28.8 Å². The minimum Gasteiger partial charge on any atom is -0.390 e. The summed E-state index contributed by atoms with van der Waals surface area (Å²) in [5, 5.41) is 18.6. The number of carbonyl (C=O) groups is 1. The smallest absolute Gasteiger partial charge is 0.135 e. The summed E-state index contributed by atoms with van der Waals surface area (Å²) >= 11 is 5.93. The monoisotopic (exact) mass is 464 g/mol. The van der Waals surface area contributed by atoms with Crippen LogP contribution in [0.25, 0.3) is 0 Å². The van der Waals surface area contributed by atoms with Gasteiger partial charge in [-0.15, -0.1) is 0 Å². The van der Waals surface area contributed by atoms with E-state index in [0.717, 1.165) is 35.7 Å². The molecule has 0 unspecified atom stereocenters. The van der Waals surface area contributed by atoms with Crippen LogP contribution in [-0.4, -0.2) is 22.2 Å². The topological polar surface area (TPSA) is 73.4 Å². The lowest BCUT2D eigenvalue weighted by molar-refractivity contribution is -0.122. The van der Waals surface area contributed by atoms with Crippen LogP contribution in [0.4, 0.5) is 5.69 Å². The Balaban J connectivity index is 0. The average molecular weight is 465 g/mol. The number of carbonyl (C=O) groups excluding carboxylic acids is 1. The van der Waals surface area contributed by atoms with Crippen LogP contribution in [0.15, 0.2) is 17.1 Å². The molecule has 0 aromatic heterocycles. The molecular formula is C27H45ClN2O2. The van der Waals surface area contributed by atoms with Gasteiger partial charge in [0.05, 0.1) is 21.9 Å². The molecular weight excluding hydrogens is 420 g/mol. The van der Waals surface area contributed by atoms with Gasteiger partial charge in [-0.05, 0) is 57.7 Å². The predicted molar refractivity (Wildman–Crippen MR) is 139 cm³/mol. The highest BCUT2D eigenvalue weighted by Gasteiger charge is 2.15. The van der Waals surface area contributed by atoms with Crippen molar-refractivity contribution < 1.29 is 9.90 Å². The largest absolute Gasteiger partial charge is 0.390 e. The van der Waals surface area contributed by atoms with Gasteiger partial charge < -0.3 is 5.11 Å². The second-order valence-corrected chi connectivity index (χ2v) is 9.10. The van der Waals surface area contributed by atoms with E-state index in [9.17, 15) is 4.79 Å². The zero-order chi connectivity index (χ0) is 25.3. The van der Waals surface area contributed by atoms with E-state index in [1.165, 1.54) is 19.3 Å². The predicted octanol–water partition coefficient (Wildman–Crippen LogP) is 8.37. The lowest BCUT2D eigenvalue weighted by Crippen LogP contribution is -2.22. The maximum Gasteiger partial charge on any atom is 0.135 e. The minimum absolute atomic E-state index is 0.113. The van der Waals surface area contributed by atoms with Crippen LogP contribution in [0.5, 0.6) is 0 Å². The van der Waals surface area contributed by atoms with E-state index in [0.29, 0.717) is 17.0 Å². The van der Waals surface area contributed by atoms with Crippen LogP contribution < -0.4 is 0 Å². The highest BCUT2D eigenvalue weighted by atomic mass is 35.5. The maximum absolute atomic E-state index is 10.7. The van der Waals surface area contributed by atoms with Gasteiger partial charge in [-0.3, -0.25) is 9.79 Å². The third-order valence-corrected chi connectivity index (χ3v) is 5.15. The molecule has 0 heterocycles. The molecule has 0 saturated heterocycles. The number of hydrogen-bond donors (Lipinski definition) is 1. The fourth-order valence-electron chi connectivity index (χ4n) is 2.77. The van der Waals surface area contributed by atoms with Gasteiger partial charge in [0.2, 0.25) is 0 Å². The number of Topliss-reactive ketones (excluding diaryl/α,β-unsaturated/α-hetero) is 1. The van der Waals surface area contributed by atoms with Gasteiger partial charge in [-0.25, -0.2) is 0 Å². The normalized spacial score (nSPS) is 13.1. The summed E-state index contributed by atoms with van der Waals surface area (Å²) in [5.41, 5.74) is 2.47. The number of aliphatic imine (C=N–C) groups is 1. The SMILES string of the molecule is CC.CC1CCC1.CCC(=O)CC(C)(C)O.CCCC(C)=Nc1ccc(Cl)c(C#N)c1C. The Kier molecular flexibility index (Phi) is 18.1. The molecule has 4 nitrogen and oxygen atoms in total. The number of ketones is 1. The van der Waals surface area contributed by atoms with E-state index in [-0.39, 0.29) is 12.2 Å². The Morgan fingerprint density at radius 3 is 2.12 bits per heavy atom. The van der Waals surface area contributed by atoms with Gasteiger partial charge in [0, 0.05) is 18.6 Å². The van der Waals surface area contributed by atoms with Gasteiger partial charge in [0.25, 0.3) is 0 Å². The lowest BCUT2D eigenvalue weighted by Gasteiger charge is -2.18. The maximum atomic E-state index is 10.7. The van der Waals surface area contributed by atoms with E-state index >= 15 is 0 Å². The first-order valence-electron chi connectivity index (χ1n) is 11.9. The molecule has 1 aliphatic rings. The molecule has 0 bridgehead atoms. The summed E-state index contributed by atoms with van der Waals surface area (Å²) in [6.45, 7) is 17.4. The van der Waals surface area contributed by atoms with Gasteiger partial charge >= 0.3 is 0 Å². The molecule has 0 aliphatic heterocycles. The molecule has 32 heavy (non-hydrogen) atoms. The van der Waals surface area contributed by atoms with Crippen molar-refractivity contribution in [1.29, 1.82) is 5.26 Å². The van der Waals surface area contributed by atoms with E-state index in [2.05, 4.69) is 24.9 Å². The first-order valence-corrected chi connectivity index (χ1v) is 12.3. The standard InChI is InChI=1S/C13H15ClN2.C7H14O2.C5H10.C2H6/c1-4-5-9(2)16-13-7-6-12(14)11(8-15)10(13)3;1-4-6(8)5-7(2,3)9;1-5-3-2-4-5;1-2/h6-7H,4-5H2,1-3H3;9H,4-5H2,1-3H3;5H,2-4H2,1H3;1-2H3. The fourth-order valence-corrected chi connectivity index (χ4v) is 3.02. The summed E-state index contributed by atoms with van der Waals surface area (Å²) in [5.74, 6) is 1.18. The van der Waals surface area contributed by atoms with Crippen molar-refractivity contribution in [3.8, 4) is 6.07 Å². The minimum atomic E-state index is -0.826. The summed E-state index contributed by atoms with van der Waals surface area (Å²) in [7, 11) is 0. The number of rotatable bonds is 6. The summed E-state index contributed by atoms with van der Waals surface area (Å²) < 4.78 is 0. The zero-order valence-corrected chi connectivity index (χ0v) is 22.6. The first-order chi connectivity index (χ1) is 14.9. The van der Waals surface area contributed by atoms with Crippen LogP contribution in [-0.2, 0) is 4.79 Å².